The SMILES string of the molecule is CN(CC(N)=NO)C(=O)c1cc(F)ccc1F. The summed E-state index contributed by atoms with van der Waals surface area (Å²) in [6.45, 7) is -0.189. The van der Waals surface area contributed by atoms with E-state index in [9.17, 15) is 13.6 Å². The Bertz CT molecular complexity index is 463. The molecule has 0 atom stereocenters. The minimum Gasteiger partial charge on any atom is -0.409 e. The van der Waals surface area contributed by atoms with Crippen molar-refractivity contribution in [3.05, 3.63) is 35.4 Å². The van der Waals surface area contributed by atoms with Gasteiger partial charge < -0.3 is 15.8 Å². The van der Waals surface area contributed by atoms with Crippen LogP contribution in [0.3, 0.4) is 0 Å². The average Bonchev–Trinajstić information content (AvgIpc) is 2.31. The first-order chi connectivity index (χ1) is 7.95. The molecule has 0 aliphatic rings. The first kappa shape index (κ1) is 12.9. The molecule has 0 aromatic heterocycles. The van der Waals surface area contributed by atoms with Crippen molar-refractivity contribution in [1.82, 2.24) is 4.90 Å². The molecular formula is C10H11F2N3O2. The van der Waals surface area contributed by atoms with Crippen LogP contribution in [0.15, 0.2) is 23.4 Å². The third kappa shape index (κ3) is 3.13. The maximum atomic E-state index is 13.3. The van der Waals surface area contributed by atoms with E-state index in [0.717, 1.165) is 23.1 Å². The van der Waals surface area contributed by atoms with Crippen LogP contribution in [0, 0.1) is 11.6 Å². The zero-order valence-electron chi connectivity index (χ0n) is 9.02. The third-order valence-electron chi connectivity index (χ3n) is 2.03. The molecule has 0 saturated carbocycles. The molecule has 0 radical (unpaired) electrons. The van der Waals surface area contributed by atoms with E-state index in [-0.39, 0.29) is 12.4 Å². The van der Waals surface area contributed by atoms with Crippen molar-refractivity contribution in [3.8, 4) is 0 Å². The number of hydrogen-bond acceptors (Lipinski definition) is 3. The van der Waals surface area contributed by atoms with Gasteiger partial charge in [-0.05, 0) is 18.2 Å². The second kappa shape index (κ2) is 5.24. The van der Waals surface area contributed by atoms with Gasteiger partial charge in [-0.1, -0.05) is 5.16 Å². The second-order valence-electron chi connectivity index (χ2n) is 3.38. The summed E-state index contributed by atoms with van der Waals surface area (Å²) in [5.74, 6) is -2.51. The Labute approximate surface area is 96.1 Å². The van der Waals surface area contributed by atoms with Gasteiger partial charge in [0.05, 0.1) is 12.1 Å². The van der Waals surface area contributed by atoms with Crippen LogP contribution < -0.4 is 5.73 Å². The molecule has 0 saturated heterocycles. The van der Waals surface area contributed by atoms with Crippen LogP contribution in [0.4, 0.5) is 8.78 Å². The van der Waals surface area contributed by atoms with Crippen molar-refractivity contribution in [2.45, 2.75) is 0 Å². The molecule has 7 heteroatoms. The van der Waals surface area contributed by atoms with Gasteiger partial charge in [-0.2, -0.15) is 0 Å². The van der Waals surface area contributed by atoms with Crippen molar-refractivity contribution in [1.29, 1.82) is 0 Å². The molecule has 1 aromatic carbocycles. The van der Waals surface area contributed by atoms with Crippen molar-refractivity contribution in [2.75, 3.05) is 13.6 Å². The molecule has 0 heterocycles. The second-order valence-corrected chi connectivity index (χ2v) is 3.38. The number of carbonyl (C=O) groups excluding carboxylic acids is 1. The smallest absolute Gasteiger partial charge is 0.257 e. The van der Waals surface area contributed by atoms with Gasteiger partial charge in [0, 0.05) is 7.05 Å². The Hall–Kier alpha value is -2.18. The number of nitrogens with zero attached hydrogens (tertiary/aromatic N) is 2. The molecule has 0 bridgehead atoms. The van der Waals surface area contributed by atoms with Crippen LogP contribution in [0.2, 0.25) is 0 Å². The minimum atomic E-state index is -0.831. The number of amides is 1. The van der Waals surface area contributed by atoms with Gasteiger partial charge in [0.2, 0.25) is 0 Å². The predicted octanol–water partition coefficient (Wildman–Crippen LogP) is 0.783. The Morgan fingerprint density at radius 1 is 1.53 bits per heavy atom. The molecule has 0 spiro atoms. The molecule has 0 unspecified atom stereocenters. The number of oxime groups is 1. The largest absolute Gasteiger partial charge is 0.409 e. The number of carbonyl (C=O) groups is 1. The van der Waals surface area contributed by atoms with Gasteiger partial charge >= 0.3 is 0 Å². The van der Waals surface area contributed by atoms with Crippen LogP contribution in [-0.4, -0.2) is 35.4 Å². The molecule has 3 N–H and O–H groups in total. The van der Waals surface area contributed by atoms with Crippen molar-refractivity contribution < 1.29 is 18.8 Å². The van der Waals surface area contributed by atoms with Gasteiger partial charge in [0.15, 0.2) is 5.84 Å². The number of likely N-dealkylation sites (N-methyl/N-ethyl adjacent to an activating group) is 1. The fourth-order valence-electron chi connectivity index (χ4n) is 1.21. The fraction of sp³-hybridized carbons (Fsp3) is 0.200. The summed E-state index contributed by atoms with van der Waals surface area (Å²) in [5.41, 5.74) is 4.79. The fourth-order valence-corrected chi connectivity index (χ4v) is 1.21. The van der Waals surface area contributed by atoms with E-state index in [2.05, 4.69) is 5.16 Å². The maximum Gasteiger partial charge on any atom is 0.257 e. The normalized spacial score (nSPS) is 11.4. The van der Waals surface area contributed by atoms with Crippen molar-refractivity contribution in [2.24, 2.45) is 10.9 Å². The van der Waals surface area contributed by atoms with E-state index in [4.69, 9.17) is 10.9 Å². The first-order valence-corrected chi connectivity index (χ1v) is 4.62. The monoisotopic (exact) mass is 243 g/mol. The predicted molar refractivity (Wildman–Crippen MR) is 56.7 cm³/mol. The molecule has 1 aromatic rings. The molecule has 1 rings (SSSR count). The van der Waals surface area contributed by atoms with Crippen LogP contribution in [0.1, 0.15) is 10.4 Å². The zero-order chi connectivity index (χ0) is 13.0. The molecule has 1 amide bonds. The Morgan fingerprint density at radius 2 is 2.18 bits per heavy atom. The highest BCUT2D eigenvalue weighted by molar-refractivity contribution is 5.97. The lowest BCUT2D eigenvalue weighted by Gasteiger charge is -2.16. The number of hydrogen-bond donors (Lipinski definition) is 2. The summed E-state index contributed by atoms with van der Waals surface area (Å²) < 4.78 is 26.1. The van der Waals surface area contributed by atoms with Crippen LogP contribution >= 0.6 is 0 Å². The number of benzene rings is 1. The molecular weight excluding hydrogens is 232 g/mol. The molecule has 92 valence electrons. The van der Waals surface area contributed by atoms with Crippen LogP contribution in [0.5, 0.6) is 0 Å². The average molecular weight is 243 g/mol. The first-order valence-electron chi connectivity index (χ1n) is 4.62. The minimum absolute atomic E-state index is 0.189. The van der Waals surface area contributed by atoms with Crippen LogP contribution in [0.25, 0.3) is 0 Å². The van der Waals surface area contributed by atoms with Crippen molar-refractivity contribution in [3.63, 3.8) is 0 Å². The number of amidine groups is 1. The summed E-state index contributed by atoms with van der Waals surface area (Å²) in [7, 11) is 1.32. The van der Waals surface area contributed by atoms with E-state index < -0.39 is 23.1 Å². The van der Waals surface area contributed by atoms with Gasteiger partial charge in [-0.25, -0.2) is 8.78 Å². The van der Waals surface area contributed by atoms with E-state index in [1.165, 1.54) is 7.05 Å². The van der Waals surface area contributed by atoms with E-state index >= 15 is 0 Å². The Balaban J connectivity index is 2.92. The molecule has 17 heavy (non-hydrogen) atoms. The number of rotatable bonds is 3. The maximum absolute atomic E-state index is 13.3. The van der Waals surface area contributed by atoms with E-state index in [0.29, 0.717) is 0 Å². The quantitative estimate of drug-likeness (QED) is 0.356. The molecule has 5 nitrogen and oxygen atoms in total. The molecule has 0 aliphatic carbocycles. The van der Waals surface area contributed by atoms with E-state index in [1.54, 1.807) is 0 Å². The Morgan fingerprint density at radius 3 is 2.76 bits per heavy atom. The van der Waals surface area contributed by atoms with Crippen LogP contribution in [-0.2, 0) is 0 Å². The molecule has 0 aliphatic heterocycles. The zero-order valence-corrected chi connectivity index (χ0v) is 9.02. The molecule has 0 fully saturated rings. The third-order valence-corrected chi connectivity index (χ3v) is 2.03. The van der Waals surface area contributed by atoms with Gasteiger partial charge in [-0.3, -0.25) is 4.79 Å². The number of nitrogens with two attached hydrogens (primary N) is 1. The summed E-state index contributed by atoms with van der Waals surface area (Å²) in [5, 5.41) is 11.0. The highest BCUT2D eigenvalue weighted by Gasteiger charge is 2.17. The highest BCUT2D eigenvalue weighted by Crippen LogP contribution is 2.11. The summed E-state index contributed by atoms with van der Waals surface area (Å²) in [6, 6.07) is 2.57. The highest BCUT2D eigenvalue weighted by atomic mass is 19.1. The van der Waals surface area contributed by atoms with E-state index in [1.807, 2.05) is 0 Å². The lowest BCUT2D eigenvalue weighted by molar-refractivity contribution is 0.0808. The summed E-state index contributed by atoms with van der Waals surface area (Å²) >= 11 is 0. The standard InChI is InChI=1S/C10H11F2N3O2/c1-15(5-9(13)14-17)10(16)7-4-6(11)2-3-8(7)12/h2-4,17H,5H2,1H3,(H2,13,14). The summed E-state index contributed by atoms with van der Waals surface area (Å²) in [4.78, 5) is 12.7. The van der Waals surface area contributed by atoms with Gasteiger partial charge in [-0.15, -0.1) is 0 Å². The van der Waals surface area contributed by atoms with Gasteiger partial charge in [0.25, 0.3) is 5.91 Å². The lowest BCUT2D eigenvalue weighted by Crippen LogP contribution is -2.36. The topological polar surface area (TPSA) is 78.9 Å². The number of halogens is 2. The van der Waals surface area contributed by atoms with Crippen molar-refractivity contribution >= 4 is 11.7 Å². The lowest BCUT2D eigenvalue weighted by atomic mass is 10.2. The Kier molecular flexibility index (Phi) is 3.97. The summed E-state index contributed by atoms with van der Waals surface area (Å²) in [6.07, 6.45) is 0. The van der Waals surface area contributed by atoms with Gasteiger partial charge in [0.1, 0.15) is 11.6 Å².